The second-order valence-electron chi connectivity index (χ2n) is 5.12. The molecule has 0 heterocycles. The molecule has 1 rings (SSSR count). The van der Waals surface area contributed by atoms with Crippen molar-refractivity contribution >= 4 is 21.4 Å². The average Bonchev–Trinajstić information content (AvgIpc) is 2.40. The molecule has 0 spiro atoms. The fourth-order valence-corrected chi connectivity index (χ4v) is 3.72. The summed E-state index contributed by atoms with van der Waals surface area (Å²) in [6.45, 7) is 3.50. The zero-order valence-corrected chi connectivity index (χ0v) is 11.9. The van der Waals surface area contributed by atoms with Crippen LogP contribution in [0.3, 0.4) is 0 Å². The van der Waals surface area contributed by atoms with Crippen LogP contribution in [0.5, 0.6) is 0 Å². The van der Waals surface area contributed by atoms with E-state index in [-0.39, 0.29) is 10.6 Å². The number of alkyl halides is 1. The molecule has 2 atom stereocenters. The van der Waals surface area contributed by atoms with Gasteiger partial charge in [-0.1, -0.05) is 19.3 Å². The molecule has 2 nitrogen and oxygen atoms in total. The summed E-state index contributed by atoms with van der Waals surface area (Å²) in [4.78, 5) is 0. The van der Waals surface area contributed by atoms with E-state index in [0.29, 0.717) is 11.7 Å². The van der Waals surface area contributed by atoms with Crippen LogP contribution in [-0.4, -0.2) is 24.8 Å². The number of rotatable bonds is 4. The van der Waals surface area contributed by atoms with Gasteiger partial charge >= 0.3 is 0 Å². The van der Waals surface area contributed by atoms with Crippen molar-refractivity contribution in [3.05, 3.63) is 0 Å². The van der Waals surface area contributed by atoms with Crippen LogP contribution >= 0.6 is 11.6 Å². The van der Waals surface area contributed by atoms with Gasteiger partial charge in [-0.2, -0.15) is 0 Å². The van der Waals surface area contributed by atoms with Gasteiger partial charge in [0.15, 0.2) is 9.84 Å². The van der Waals surface area contributed by atoms with Crippen LogP contribution in [-0.2, 0) is 9.84 Å². The molecule has 1 saturated carbocycles. The van der Waals surface area contributed by atoms with Gasteiger partial charge in [-0.15, -0.1) is 11.6 Å². The first-order valence-electron chi connectivity index (χ1n) is 6.29. The monoisotopic (exact) mass is 266 g/mol. The molecule has 96 valence electrons. The van der Waals surface area contributed by atoms with Gasteiger partial charge in [-0.25, -0.2) is 8.42 Å². The zero-order chi connectivity index (χ0) is 12.2. The normalized spacial score (nSPS) is 28.0. The SMILES string of the molecule is CC(C)S(=O)(=O)CCC1CCCCCC1Cl. The van der Waals surface area contributed by atoms with Crippen LogP contribution in [0.1, 0.15) is 52.4 Å². The van der Waals surface area contributed by atoms with E-state index in [1.54, 1.807) is 13.8 Å². The molecular weight excluding hydrogens is 244 g/mol. The Morgan fingerprint density at radius 2 is 1.81 bits per heavy atom. The van der Waals surface area contributed by atoms with E-state index < -0.39 is 9.84 Å². The minimum absolute atomic E-state index is 0.185. The Morgan fingerprint density at radius 3 is 2.44 bits per heavy atom. The molecular formula is C12H23ClO2S. The number of hydrogen-bond acceptors (Lipinski definition) is 2. The maximum absolute atomic E-state index is 11.7. The van der Waals surface area contributed by atoms with Gasteiger partial charge in [0.25, 0.3) is 0 Å². The predicted molar refractivity (Wildman–Crippen MR) is 69.8 cm³/mol. The second-order valence-corrected chi connectivity index (χ2v) is 8.36. The van der Waals surface area contributed by atoms with Crippen molar-refractivity contribution in [3.63, 3.8) is 0 Å². The fourth-order valence-electron chi connectivity index (χ4n) is 2.22. The highest BCUT2D eigenvalue weighted by Gasteiger charge is 2.24. The van der Waals surface area contributed by atoms with E-state index in [9.17, 15) is 8.42 Å². The zero-order valence-electron chi connectivity index (χ0n) is 10.3. The van der Waals surface area contributed by atoms with Crippen molar-refractivity contribution in [2.75, 3.05) is 5.75 Å². The van der Waals surface area contributed by atoms with Crippen LogP contribution in [0.25, 0.3) is 0 Å². The van der Waals surface area contributed by atoms with Gasteiger partial charge < -0.3 is 0 Å². The third-order valence-corrected chi connectivity index (χ3v) is 6.37. The summed E-state index contributed by atoms with van der Waals surface area (Å²) in [5.41, 5.74) is 0. The summed E-state index contributed by atoms with van der Waals surface area (Å²) in [7, 11) is -2.89. The smallest absolute Gasteiger partial charge is 0.152 e. The summed E-state index contributed by atoms with van der Waals surface area (Å²) in [6, 6.07) is 0. The Hall–Kier alpha value is 0.240. The van der Waals surface area contributed by atoms with E-state index in [0.717, 1.165) is 19.3 Å². The Labute approximate surface area is 105 Å². The Morgan fingerprint density at radius 1 is 1.19 bits per heavy atom. The van der Waals surface area contributed by atoms with Crippen molar-refractivity contribution in [1.29, 1.82) is 0 Å². The summed E-state index contributed by atoms with van der Waals surface area (Å²) >= 11 is 6.30. The van der Waals surface area contributed by atoms with E-state index in [1.165, 1.54) is 19.3 Å². The molecule has 0 aromatic heterocycles. The first-order chi connectivity index (χ1) is 7.43. The standard InChI is InChI=1S/C12H23ClO2S/c1-10(2)16(14,15)9-8-11-6-4-3-5-7-12(11)13/h10-12H,3-9H2,1-2H3. The van der Waals surface area contributed by atoms with E-state index in [1.807, 2.05) is 0 Å². The molecule has 16 heavy (non-hydrogen) atoms. The predicted octanol–water partition coefficient (Wildman–Crippen LogP) is 3.39. The molecule has 4 heteroatoms. The van der Waals surface area contributed by atoms with Crippen molar-refractivity contribution in [3.8, 4) is 0 Å². The lowest BCUT2D eigenvalue weighted by atomic mass is 9.97. The summed E-state index contributed by atoms with van der Waals surface area (Å²) in [5, 5.41) is -0.0723. The molecule has 1 aliphatic carbocycles. The van der Waals surface area contributed by atoms with E-state index in [4.69, 9.17) is 11.6 Å². The van der Waals surface area contributed by atoms with Gasteiger partial charge in [0, 0.05) is 5.38 Å². The highest BCUT2D eigenvalue weighted by atomic mass is 35.5. The van der Waals surface area contributed by atoms with Crippen LogP contribution < -0.4 is 0 Å². The largest absolute Gasteiger partial charge is 0.229 e. The minimum Gasteiger partial charge on any atom is -0.229 e. The molecule has 0 N–H and O–H groups in total. The van der Waals surface area contributed by atoms with Crippen molar-refractivity contribution in [2.24, 2.45) is 5.92 Å². The highest BCUT2D eigenvalue weighted by molar-refractivity contribution is 7.91. The summed E-state index contributed by atoms with van der Waals surface area (Å²) < 4.78 is 23.4. The van der Waals surface area contributed by atoms with Gasteiger partial charge in [0.05, 0.1) is 11.0 Å². The summed E-state index contributed by atoms with van der Waals surface area (Å²) in [5.74, 6) is 0.705. The maximum atomic E-state index is 11.7. The Kier molecular flexibility index (Phi) is 5.58. The van der Waals surface area contributed by atoms with Crippen LogP contribution in [0.4, 0.5) is 0 Å². The van der Waals surface area contributed by atoms with Crippen molar-refractivity contribution in [2.45, 2.75) is 63.0 Å². The van der Waals surface area contributed by atoms with Gasteiger partial charge in [0.2, 0.25) is 0 Å². The third kappa shape index (κ3) is 4.25. The van der Waals surface area contributed by atoms with Gasteiger partial charge in [-0.05, 0) is 39.0 Å². The lowest BCUT2D eigenvalue weighted by molar-refractivity contribution is 0.451. The molecule has 1 aliphatic rings. The molecule has 0 saturated heterocycles. The van der Waals surface area contributed by atoms with E-state index >= 15 is 0 Å². The molecule has 0 amide bonds. The van der Waals surface area contributed by atoms with Gasteiger partial charge in [-0.3, -0.25) is 0 Å². The van der Waals surface area contributed by atoms with E-state index in [2.05, 4.69) is 0 Å². The van der Waals surface area contributed by atoms with Crippen molar-refractivity contribution in [1.82, 2.24) is 0 Å². The second kappa shape index (κ2) is 6.25. The molecule has 2 unspecified atom stereocenters. The average molecular weight is 267 g/mol. The molecule has 0 bridgehead atoms. The Balaban J connectivity index is 2.47. The van der Waals surface area contributed by atoms with Crippen LogP contribution in [0.2, 0.25) is 0 Å². The first-order valence-corrected chi connectivity index (χ1v) is 8.44. The molecule has 0 aromatic carbocycles. The maximum Gasteiger partial charge on any atom is 0.152 e. The van der Waals surface area contributed by atoms with Crippen LogP contribution in [0, 0.1) is 5.92 Å². The molecule has 0 aromatic rings. The minimum atomic E-state index is -2.89. The topological polar surface area (TPSA) is 34.1 Å². The van der Waals surface area contributed by atoms with Crippen LogP contribution in [0.15, 0.2) is 0 Å². The third-order valence-electron chi connectivity index (χ3n) is 3.56. The Bertz CT molecular complexity index is 298. The fraction of sp³-hybridized carbons (Fsp3) is 1.00. The highest BCUT2D eigenvalue weighted by Crippen LogP contribution is 2.30. The first kappa shape index (κ1) is 14.3. The summed E-state index contributed by atoms with van der Waals surface area (Å²) in [6.07, 6.45) is 6.54. The molecule has 0 radical (unpaired) electrons. The number of halogens is 1. The van der Waals surface area contributed by atoms with Crippen molar-refractivity contribution < 1.29 is 8.42 Å². The number of sulfone groups is 1. The molecule has 0 aliphatic heterocycles. The quantitative estimate of drug-likeness (QED) is 0.577. The lowest BCUT2D eigenvalue weighted by Gasteiger charge is -2.19. The lowest BCUT2D eigenvalue weighted by Crippen LogP contribution is -2.22. The molecule has 1 fully saturated rings. The van der Waals surface area contributed by atoms with Gasteiger partial charge in [0.1, 0.15) is 0 Å². The number of hydrogen-bond donors (Lipinski definition) is 0.